The molecule has 1 fully saturated rings. The Kier molecular flexibility index (Phi) is 2.90. The van der Waals surface area contributed by atoms with Crippen LogP contribution in [0, 0.1) is 0 Å². The molecule has 0 saturated carbocycles. The molecule has 15 heavy (non-hydrogen) atoms. The molecule has 3 heteroatoms. The second kappa shape index (κ2) is 4.34. The third kappa shape index (κ3) is 2.49. The van der Waals surface area contributed by atoms with E-state index in [9.17, 15) is 4.79 Å². The molecule has 1 heterocycles. The molecule has 0 aliphatic carbocycles. The predicted octanol–water partition coefficient (Wildman–Crippen LogP) is 2.25. The molecule has 1 saturated heterocycles. The molecular weight excluding hydrogens is 188 g/mol. The lowest BCUT2D eigenvalue weighted by Gasteiger charge is -2.18. The van der Waals surface area contributed by atoms with Crippen LogP contribution in [0.15, 0.2) is 24.3 Å². The van der Waals surface area contributed by atoms with Crippen LogP contribution in [0.1, 0.15) is 19.8 Å². The minimum atomic E-state index is -0.0198. The molecule has 0 spiro atoms. The molecule has 0 unspecified atom stereocenters. The number of hydrogen-bond acceptors (Lipinski definition) is 2. The third-order valence-electron chi connectivity index (χ3n) is 2.64. The summed E-state index contributed by atoms with van der Waals surface area (Å²) in [6.07, 6.45) is 2.54. The first-order valence-electron chi connectivity index (χ1n) is 5.38. The van der Waals surface area contributed by atoms with Crippen molar-refractivity contribution in [3.05, 3.63) is 24.3 Å². The Hall–Kier alpha value is -1.51. The van der Waals surface area contributed by atoms with Crippen LogP contribution in [0.3, 0.4) is 0 Å². The quantitative estimate of drug-likeness (QED) is 0.801. The Morgan fingerprint density at radius 1 is 1.33 bits per heavy atom. The van der Waals surface area contributed by atoms with Crippen LogP contribution < -0.4 is 10.2 Å². The average Bonchev–Trinajstić information content (AvgIpc) is 2.69. The Morgan fingerprint density at radius 2 is 2.07 bits per heavy atom. The number of amides is 1. The van der Waals surface area contributed by atoms with Crippen LogP contribution in [0.25, 0.3) is 0 Å². The van der Waals surface area contributed by atoms with E-state index in [0.717, 1.165) is 18.8 Å². The predicted molar refractivity (Wildman–Crippen MR) is 62.2 cm³/mol. The first-order valence-corrected chi connectivity index (χ1v) is 5.38. The highest BCUT2D eigenvalue weighted by Crippen LogP contribution is 2.23. The van der Waals surface area contributed by atoms with Crippen molar-refractivity contribution in [2.24, 2.45) is 0 Å². The second-order valence-electron chi connectivity index (χ2n) is 3.93. The molecule has 1 aliphatic heterocycles. The van der Waals surface area contributed by atoms with Crippen LogP contribution in [-0.4, -0.2) is 19.0 Å². The van der Waals surface area contributed by atoms with Gasteiger partial charge < -0.3 is 10.2 Å². The summed E-state index contributed by atoms with van der Waals surface area (Å²) in [6.45, 7) is 3.79. The fourth-order valence-electron chi connectivity index (χ4n) is 1.96. The lowest BCUT2D eigenvalue weighted by atomic mass is 10.2. The van der Waals surface area contributed by atoms with Gasteiger partial charge in [0, 0.05) is 31.4 Å². The van der Waals surface area contributed by atoms with Crippen molar-refractivity contribution in [3.63, 3.8) is 0 Å². The number of nitrogens with one attached hydrogen (secondary N) is 1. The van der Waals surface area contributed by atoms with Crippen LogP contribution in [0.4, 0.5) is 11.4 Å². The number of carbonyl (C=O) groups excluding carboxylic acids is 1. The molecule has 1 N–H and O–H groups in total. The van der Waals surface area contributed by atoms with E-state index in [4.69, 9.17) is 0 Å². The number of benzene rings is 1. The number of nitrogens with zero attached hydrogens (tertiary/aromatic N) is 1. The number of carbonyl (C=O) groups is 1. The Morgan fingerprint density at radius 3 is 2.73 bits per heavy atom. The van der Waals surface area contributed by atoms with Gasteiger partial charge in [-0.25, -0.2) is 0 Å². The summed E-state index contributed by atoms with van der Waals surface area (Å²) in [7, 11) is 0. The molecular formula is C12H16N2O. The number of hydrogen-bond donors (Lipinski definition) is 1. The van der Waals surface area contributed by atoms with E-state index < -0.39 is 0 Å². The highest BCUT2D eigenvalue weighted by atomic mass is 16.1. The van der Waals surface area contributed by atoms with Gasteiger partial charge in [-0.1, -0.05) is 6.07 Å². The zero-order chi connectivity index (χ0) is 10.7. The summed E-state index contributed by atoms with van der Waals surface area (Å²) in [5.74, 6) is -0.0198. The van der Waals surface area contributed by atoms with E-state index in [0.29, 0.717) is 0 Å². The van der Waals surface area contributed by atoms with Crippen molar-refractivity contribution in [3.8, 4) is 0 Å². The summed E-state index contributed by atoms with van der Waals surface area (Å²) in [5.41, 5.74) is 2.09. The van der Waals surface area contributed by atoms with E-state index in [1.165, 1.54) is 25.5 Å². The molecule has 1 amide bonds. The van der Waals surface area contributed by atoms with Gasteiger partial charge in [0.1, 0.15) is 0 Å². The van der Waals surface area contributed by atoms with Gasteiger partial charge in [0.05, 0.1) is 0 Å². The number of rotatable bonds is 2. The van der Waals surface area contributed by atoms with Crippen molar-refractivity contribution < 1.29 is 4.79 Å². The maximum atomic E-state index is 10.9. The third-order valence-corrected chi connectivity index (χ3v) is 2.64. The molecule has 1 aromatic carbocycles. The highest BCUT2D eigenvalue weighted by molar-refractivity contribution is 5.89. The van der Waals surface area contributed by atoms with E-state index in [1.807, 2.05) is 18.2 Å². The molecule has 1 aromatic rings. The van der Waals surface area contributed by atoms with Gasteiger partial charge in [-0.2, -0.15) is 0 Å². The SMILES string of the molecule is CC(=O)Nc1cccc(N2CCCC2)c1. The topological polar surface area (TPSA) is 32.3 Å². The van der Waals surface area contributed by atoms with Gasteiger partial charge in [0.25, 0.3) is 0 Å². The second-order valence-corrected chi connectivity index (χ2v) is 3.93. The smallest absolute Gasteiger partial charge is 0.221 e. The zero-order valence-corrected chi connectivity index (χ0v) is 8.99. The molecule has 0 atom stereocenters. The molecule has 0 aromatic heterocycles. The highest BCUT2D eigenvalue weighted by Gasteiger charge is 2.12. The number of anilines is 2. The standard InChI is InChI=1S/C12H16N2O/c1-10(15)13-11-5-4-6-12(9-11)14-7-2-3-8-14/h4-6,9H,2-3,7-8H2,1H3,(H,13,15). The molecule has 0 radical (unpaired) electrons. The van der Waals surface area contributed by atoms with E-state index in [2.05, 4.69) is 16.3 Å². The fourth-order valence-corrected chi connectivity index (χ4v) is 1.96. The van der Waals surface area contributed by atoms with Gasteiger partial charge >= 0.3 is 0 Å². The average molecular weight is 204 g/mol. The van der Waals surface area contributed by atoms with E-state index in [-0.39, 0.29) is 5.91 Å². The maximum Gasteiger partial charge on any atom is 0.221 e. The summed E-state index contributed by atoms with van der Waals surface area (Å²) >= 11 is 0. The molecule has 80 valence electrons. The van der Waals surface area contributed by atoms with Crippen LogP contribution in [0.5, 0.6) is 0 Å². The van der Waals surface area contributed by atoms with E-state index >= 15 is 0 Å². The van der Waals surface area contributed by atoms with E-state index in [1.54, 1.807) is 0 Å². The minimum absolute atomic E-state index is 0.0198. The van der Waals surface area contributed by atoms with Crippen LogP contribution >= 0.6 is 0 Å². The first-order chi connectivity index (χ1) is 7.25. The van der Waals surface area contributed by atoms with Crippen molar-refractivity contribution in [2.75, 3.05) is 23.3 Å². The van der Waals surface area contributed by atoms with Crippen molar-refractivity contribution >= 4 is 17.3 Å². The van der Waals surface area contributed by atoms with Gasteiger partial charge in [0.2, 0.25) is 5.91 Å². The van der Waals surface area contributed by atoms with Crippen LogP contribution in [0.2, 0.25) is 0 Å². The summed E-state index contributed by atoms with van der Waals surface area (Å²) in [4.78, 5) is 13.3. The lowest BCUT2D eigenvalue weighted by Crippen LogP contribution is -2.17. The Labute approximate surface area is 90.1 Å². The molecule has 3 nitrogen and oxygen atoms in total. The summed E-state index contributed by atoms with van der Waals surface area (Å²) < 4.78 is 0. The van der Waals surface area contributed by atoms with Crippen LogP contribution in [-0.2, 0) is 4.79 Å². The lowest BCUT2D eigenvalue weighted by molar-refractivity contribution is -0.114. The fraction of sp³-hybridized carbons (Fsp3) is 0.417. The minimum Gasteiger partial charge on any atom is -0.371 e. The maximum absolute atomic E-state index is 10.9. The molecule has 0 bridgehead atoms. The summed E-state index contributed by atoms with van der Waals surface area (Å²) in [5, 5.41) is 2.80. The molecule has 2 rings (SSSR count). The van der Waals surface area contributed by atoms with Gasteiger partial charge in [-0.05, 0) is 31.0 Å². The largest absolute Gasteiger partial charge is 0.371 e. The van der Waals surface area contributed by atoms with Gasteiger partial charge in [0.15, 0.2) is 0 Å². The zero-order valence-electron chi connectivity index (χ0n) is 8.99. The van der Waals surface area contributed by atoms with Crippen molar-refractivity contribution in [2.45, 2.75) is 19.8 Å². The molecule has 1 aliphatic rings. The monoisotopic (exact) mass is 204 g/mol. The normalized spacial score (nSPS) is 15.4. The summed E-state index contributed by atoms with van der Waals surface area (Å²) in [6, 6.07) is 8.03. The Bertz CT molecular complexity index is 356. The van der Waals surface area contributed by atoms with Gasteiger partial charge in [-0.3, -0.25) is 4.79 Å². The van der Waals surface area contributed by atoms with Gasteiger partial charge in [-0.15, -0.1) is 0 Å². The van der Waals surface area contributed by atoms with Crippen molar-refractivity contribution in [1.82, 2.24) is 0 Å². The van der Waals surface area contributed by atoms with Crippen molar-refractivity contribution in [1.29, 1.82) is 0 Å². The Balaban J connectivity index is 2.14. The first kappa shape index (κ1) is 10.0.